The third kappa shape index (κ3) is 5.94. The number of pyridine rings is 2. The number of amides is 1. The molecule has 0 aliphatic carbocycles. The minimum absolute atomic E-state index is 0.0915. The number of nitrogens with zero attached hydrogens (tertiary/aromatic N) is 3. The normalized spacial score (nSPS) is 12.6. The minimum Gasteiger partial charge on any atom is -0.476 e. The number of hydrogen-bond acceptors (Lipinski definition) is 7. The van der Waals surface area contributed by atoms with Gasteiger partial charge in [0, 0.05) is 24.0 Å². The molecule has 2 heterocycles. The Balaban J connectivity index is 2.17. The van der Waals surface area contributed by atoms with Crippen molar-refractivity contribution in [1.29, 1.82) is 5.26 Å². The van der Waals surface area contributed by atoms with Crippen molar-refractivity contribution in [2.45, 2.75) is 26.3 Å². The zero-order valence-corrected chi connectivity index (χ0v) is 15.6. The summed E-state index contributed by atoms with van der Waals surface area (Å²) in [6, 6.07) is 7.31. The van der Waals surface area contributed by atoms with Gasteiger partial charge < -0.3 is 15.2 Å². The standard InChI is InChI=1S/C19H23N5O3/c1-12(6-13(2)21)11-27-18-15(9-20)7-16(10-23-18)14-4-5-22-17(8-14)24-19(25)26-3/h4-5,7-8,10,12-13H,6,11,21H2,1-3H3,(H,22,24,25). The van der Waals surface area contributed by atoms with Gasteiger partial charge in [-0.2, -0.15) is 5.26 Å². The van der Waals surface area contributed by atoms with Crippen LogP contribution in [0, 0.1) is 17.2 Å². The van der Waals surface area contributed by atoms with Crippen LogP contribution in [0.5, 0.6) is 5.88 Å². The van der Waals surface area contributed by atoms with Crippen molar-refractivity contribution < 1.29 is 14.3 Å². The van der Waals surface area contributed by atoms with Gasteiger partial charge >= 0.3 is 6.09 Å². The number of nitriles is 1. The molecule has 2 atom stereocenters. The Morgan fingerprint density at radius 2 is 2.11 bits per heavy atom. The van der Waals surface area contributed by atoms with E-state index in [2.05, 4.69) is 26.1 Å². The van der Waals surface area contributed by atoms with Gasteiger partial charge in [-0.15, -0.1) is 0 Å². The number of methoxy groups -OCH3 is 1. The summed E-state index contributed by atoms with van der Waals surface area (Å²) in [6.07, 6.45) is 3.38. The summed E-state index contributed by atoms with van der Waals surface area (Å²) in [7, 11) is 1.27. The molecule has 0 radical (unpaired) electrons. The lowest BCUT2D eigenvalue weighted by Gasteiger charge is -2.15. The van der Waals surface area contributed by atoms with Crippen LogP contribution >= 0.6 is 0 Å². The Kier molecular flexibility index (Phi) is 7.08. The van der Waals surface area contributed by atoms with E-state index in [1.807, 2.05) is 13.8 Å². The highest BCUT2D eigenvalue weighted by Crippen LogP contribution is 2.25. The largest absolute Gasteiger partial charge is 0.476 e. The molecule has 142 valence electrons. The van der Waals surface area contributed by atoms with Gasteiger partial charge in [0.1, 0.15) is 17.5 Å². The first-order valence-electron chi connectivity index (χ1n) is 8.52. The molecule has 0 bridgehead atoms. The average Bonchev–Trinajstić information content (AvgIpc) is 2.65. The van der Waals surface area contributed by atoms with Crippen molar-refractivity contribution in [2.75, 3.05) is 19.0 Å². The summed E-state index contributed by atoms with van der Waals surface area (Å²) in [5.41, 5.74) is 7.58. The summed E-state index contributed by atoms with van der Waals surface area (Å²) in [4.78, 5) is 19.6. The molecule has 2 rings (SSSR count). The third-order valence-electron chi connectivity index (χ3n) is 3.76. The van der Waals surface area contributed by atoms with Gasteiger partial charge in [-0.05, 0) is 43.0 Å². The smallest absolute Gasteiger partial charge is 0.412 e. The number of carbonyl (C=O) groups excluding carboxylic acids is 1. The van der Waals surface area contributed by atoms with Crippen LogP contribution in [0.4, 0.5) is 10.6 Å². The van der Waals surface area contributed by atoms with Gasteiger partial charge in [0.05, 0.1) is 13.7 Å². The average molecular weight is 369 g/mol. The number of aromatic nitrogens is 2. The maximum absolute atomic E-state index is 11.3. The Bertz CT molecular complexity index is 832. The predicted molar refractivity (Wildman–Crippen MR) is 101 cm³/mol. The van der Waals surface area contributed by atoms with Gasteiger partial charge in [0.2, 0.25) is 5.88 Å². The SMILES string of the molecule is COC(=O)Nc1cc(-c2cnc(OCC(C)CC(C)N)c(C#N)c2)ccn1. The quantitative estimate of drug-likeness (QED) is 0.769. The van der Waals surface area contributed by atoms with Gasteiger partial charge in [-0.1, -0.05) is 6.92 Å². The van der Waals surface area contributed by atoms with Crippen molar-refractivity contribution >= 4 is 11.9 Å². The molecule has 8 heteroatoms. The predicted octanol–water partition coefficient (Wildman–Crippen LogP) is 2.95. The molecular formula is C19H23N5O3. The molecule has 0 fully saturated rings. The van der Waals surface area contributed by atoms with Crippen molar-refractivity contribution in [3.05, 3.63) is 36.2 Å². The number of anilines is 1. The first kappa shape index (κ1) is 20.1. The van der Waals surface area contributed by atoms with Crippen molar-refractivity contribution in [3.63, 3.8) is 0 Å². The van der Waals surface area contributed by atoms with E-state index in [0.717, 1.165) is 12.0 Å². The molecule has 0 aromatic carbocycles. The lowest BCUT2D eigenvalue weighted by atomic mass is 10.0. The van der Waals surface area contributed by atoms with E-state index >= 15 is 0 Å². The molecule has 1 amide bonds. The Labute approximate surface area is 158 Å². The van der Waals surface area contributed by atoms with Crippen LogP contribution in [0.15, 0.2) is 30.6 Å². The summed E-state index contributed by atoms with van der Waals surface area (Å²) in [5, 5.41) is 11.9. The monoisotopic (exact) mass is 369 g/mol. The fourth-order valence-corrected chi connectivity index (χ4v) is 2.56. The Hall–Kier alpha value is -3.18. The second-order valence-corrected chi connectivity index (χ2v) is 6.36. The molecule has 0 saturated carbocycles. The first-order valence-corrected chi connectivity index (χ1v) is 8.52. The lowest BCUT2D eigenvalue weighted by Crippen LogP contribution is -2.21. The van der Waals surface area contributed by atoms with Crippen LogP contribution in [0.25, 0.3) is 11.1 Å². The number of nitrogens with two attached hydrogens (primary N) is 1. The molecule has 2 unspecified atom stereocenters. The maximum Gasteiger partial charge on any atom is 0.412 e. The zero-order chi connectivity index (χ0) is 19.8. The summed E-state index contributed by atoms with van der Waals surface area (Å²) >= 11 is 0. The summed E-state index contributed by atoms with van der Waals surface area (Å²) in [6.45, 7) is 4.42. The first-order chi connectivity index (χ1) is 12.9. The van der Waals surface area contributed by atoms with Crippen molar-refractivity contribution in [3.8, 4) is 23.1 Å². The highest BCUT2D eigenvalue weighted by atomic mass is 16.5. The van der Waals surface area contributed by atoms with Crippen LogP contribution in [0.2, 0.25) is 0 Å². The molecule has 0 spiro atoms. The Morgan fingerprint density at radius 3 is 2.78 bits per heavy atom. The number of carbonyl (C=O) groups is 1. The van der Waals surface area contributed by atoms with E-state index in [1.165, 1.54) is 7.11 Å². The molecule has 0 aliphatic heterocycles. The van der Waals surface area contributed by atoms with E-state index < -0.39 is 6.09 Å². The molecule has 8 nitrogen and oxygen atoms in total. The molecular weight excluding hydrogens is 346 g/mol. The molecule has 0 aliphatic rings. The lowest BCUT2D eigenvalue weighted by molar-refractivity contribution is 0.187. The number of hydrogen-bond donors (Lipinski definition) is 2. The number of rotatable bonds is 7. The maximum atomic E-state index is 11.3. The van der Waals surface area contributed by atoms with Gasteiger partial charge in [-0.3, -0.25) is 5.32 Å². The van der Waals surface area contributed by atoms with Crippen molar-refractivity contribution in [1.82, 2.24) is 9.97 Å². The van der Waals surface area contributed by atoms with Crippen LogP contribution in [0.3, 0.4) is 0 Å². The Morgan fingerprint density at radius 1 is 1.33 bits per heavy atom. The minimum atomic E-state index is -0.611. The fourth-order valence-electron chi connectivity index (χ4n) is 2.56. The van der Waals surface area contributed by atoms with E-state index in [4.69, 9.17) is 10.5 Å². The summed E-state index contributed by atoms with van der Waals surface area (Å²) in [5.74, 6) is 0.882. The van der Waals surface area contributed by atoms with E-state index in [0.29, 0.717) is 29.4 Å². The third-order valence-corrected chi connectivity index (χ3v) is 3.76. The highest BCUT2D eigenvalue weighted by Gasteiger charge is 2.12. The molecule has 2 aromatic heterocycles. The van der Waals surface area contributed by atoms with E-state index in [9.17, 15) is 10.1 Å². The second-order valence-electron chi connectivity index (χ2n) is 6.36. The van der Waals surface area contributed by atoms with Crippen molar-refractivity contribution in [2.24, 2.45) is 11.7 Å². The molecule has 27 heavy (non-hydrogen) atoms. The van der Waals surface area contributed by atoms with E-state index in [1.54, 1.807) is 30.6 Å². The fraction of sp³-hybridized carbons (Fsp3) is 0.368. The second kappa shape index (κ2) is 9.50. The van der Waals surface area contributed by atoms with Gasteiger partial charge in [0.15, 0.2) is 0 Å². The van der Waals surface area contributed by atoms with Crippen LogP contribution in [-0.2, 0) is 4.74 Å². The van der Waals surface area contributed by atoms with Crippen LogP contribution in [0.1, 0.15) is 25.8 Å². The van der Waals surface area contributed by atoms with Crippen LogP contribution in [-0.4, -0.2) is 35.8 Å². The zero-order valence-electron chi connectivity index (χ0n) is 15.6. The number of ether oxygens (including phenoxy) is 2. The van der Waals surface area contributed by atoms with Gasteiger partial charge in [-0.25, -0.2) is 14.8 Å². The topological polar surface area (TPSA) is 123 Å². The molecule has 3 N–H and O–H groups in total. The highest BCUT2D eigenvalue weighted by molar-refractivity contribution is 5.84. The van der Waals surface area contributed by atoms with E-state index in [-0.39, 0.29) is 12.0 Å². The van der Waals surface area contributed by atoms with Gasteiger partial charge in [0.25, 0.3) is 0 Å². The summed E-state index contributed by atoms with van der Waals surface area (Å²) < 4.78 is 10.2. The molecule has 2 aromatic rings. The number of nitrogens with one attached hydrogen (secondary N) is 1. The van der Waals surface area contributed by atoms with Crippen LogP contribution < -0.4 is 15.8 Å². The molecule has 0 saturated heterocycles.